The smallest absolute Gasteiger partial charge is 0.310 e. The fourth-order valence-corrected chi connectivity index (χ4v) is 1.37. The molecular formula is C12H18N2O4. The van der Waals surface area contributed by atoms with E-state index in [1.807, 2.05) is 0 Å². The number of nitrogens with zero attached hydrogens (tertiary/aromatic N) is 1. The van der Waals surface area contributed by atoms with Crippen molar-refractivity contribution in [3.8, 4) is 0 Å². The van der Waals surface area contributed by atoms with E-state index in [0.717, 1.165) is 5.56 Å². The molecule has 1 rings (SSSR count). The predicted octanol–water partition coefficient (Wildman–Crippen LogP) is 1.06. The Morgan fingerprint density at radius 2 is 2.00 bits per heavy atom. The summed E-state index contributed by atoms with van der Waals surface area (Å²) in [6.45, 7) is 6.71. The second-order valence-corrected chi connectivity index (χ2v) is 4.95. The highest BCUT2D eigenvalue weighted by Gasteiger charge is 2.27. The van der Waals surface area contributed by atoms with Gasteiger partial charge >= 0.3 is 5.97 Å². The van der Waals surface area contributed by atoms with Crippen molar-refractivity contribution in [2.24, 2.45) is 5.41 Å². The van der Waals surface area contributed by atoms with Gasteiger partial charge in [0.25, 0.3) is 0 Å². The Morgan fingerprint density at radius 3 is 2.44 bits per heavy atom. The van der Waals surface area contributed by atoms with Crippen molar-refractivity contribution >= 4 is 11.9 Å². The third kappa shape index (κ3) is 3.32. The topological polar surface area (TPSA) is 92.4 Å². The first-order valence-corrected chi connectivity index (χ1v) is 5.66. The Bertz CT molecular complexity index is 443. The third-order valence-corrected chi connectivity index (χ3v) is 2.83. The number of rotatable bonds is 5. The molecular weight excluding hydrogens is 236 g/mol. The maximum atomic E-state index is 11.7. The number of carbonyl (C=O) groups is 2. The molecule has 2 N–H and O–H groups in total. The summed E-state index contributed by atoms with van der Waals surface area (Å²) in [5.41, 5.74) is 0.453. The SMILES string of the molecule is Cc1noc(C)c1CC(=O)NCC(C)(C)C(=O)O. The summed E-state index contributed by atoms with van der Waals surface area (Å²) in [5.74, 6) is -0.570. The second-order valence-electron chi connectivity index (χ2n) is 4.95. The first-order chi connectivity index (χ1) is 8.24. The molecule has 0 saturated carbocycles. The molecule has 18 heavy (non-hydrogen) atoms. The van der Waals surface area contributed by atoms with Gasteiger partial charge in [-0.05, 0) is 27.7 Å². The highest BCUT2D eigenvalue weighted by Crippen LogP contribution is 2.15. The van der Waals surface area contributed by atoms with Crippen LogP contribution in [-0.4, -0.2) is 28.7 Å². The predicted molar refractivity (Wildman–Crippen MR) is 64.1 cm³/mol. The zero-order valence-corrected chi connectivity index (χ0v) is 11.0. The summed E-state index contributed by atoms with van der Waals surface area (Å²) < 4.78 is 4.96. The minimum atomic E-state index is -0.978. The van der Waals surface area contributed by atoms with E-state index in [2.05, 4.69) is 10.5 Å². The van der Waals surface area contributed by atoms with Gasteiger partial charge in [-0.25, -0.2) is 0 Å². The largest absolute Gasteiger partial charge is 0.481 e. The summed E-state index contributed by atoms with van der Waals surface area (Å²) in [4.78, 5) is 22.6. The molecule has 6 heteroatoms. The monoisotopic (exact) mass is 254 g/mol. The number of aryl methyl sites for hydroxylation is 2. The Labute approximate surface area is 105 Å². The average molecular weight is 254 g/mol. The van der Waals surface area contributed by atoms with Crippen molar-refractivity contribution in [3.63, 3.8) is 0 Å². The number of hydrogen-bond donors (Lipinski definition) is 2. The Balaban J connectivity index is 2.56. The minimum absolute atomic E-state index is 0.0878. The number of amides is 1. The standard InChI is InChI=1S/C12H18N2O4/c1-7-9(8(2)18-14-7)5-10(15)13-6-12(3,4)11(16)17/h5-6H2,1-4H3,(H,13,15)(H,16,17). The number of aliphatic carboxylic acids is 1. The van der Waals surface area contributed by atoms with Crippen LogP contribution in [-0.2, 0) is 16.0 Å². The van der Waals surface area contributed by atoms with Gasteiger partial charge < -0.3 is 14.9 Å². The van der Waals surface area contributed by atoms with Crippen molar-refractivity contribution in [2.45, 2.75) is 34.1 Å². The van der Waals surface area contributed by atoms with Crippen LogP contribution in [0.15, 0.2) is 4.52 Å². The molecule has 1 aromatic rings. The van der Waals surface area contributed by atoms with Crippen molar-refractivity contribution in [3.05, 3.63) is 17.0 Å². The molecule has 0 unspecified atom stereocenters. The molecule has 0 bridgehead atoms. The lowest BCUT2D eigenvalue weighted by molar-refractivity contribution is -0.146. The van der Waals surface area contributed by atoms with Crippen LogP contribution in [0.4, 0.5) is 0 Å². The molecule has 0 aliphatic rings. The number of carboxylic acids is 1. The molecule has 1 aromatic heterocycles. The fraction of sp³-hybridized carbons (Fsp3) is 0.583. The molecule has 0 spiro atoms. The van der Waals surface area contributed by atoms with Crippen LogP contribution in [0, 0.1) is 19.3 Å². The van der Waals surface area contributed by atoms with Crippen molar-refractivity contribution in [1.82, 2.24) is 10.5 Å². The molecule has 0 saturated heterocycles. The third-order valence-electron chi connectivity index (χ3n) is 2.83. The van der Waals surface area contributed by atoms with Crippen LogP contribution in [0.3, 0.4) is 0 Å². The van der Waals surface area contributed by atoms with Crippen molar-refractivity contribution in [2.75, 3.05) is 6.54 Å². The summed E-state index contributed by atoms with van der Waals surface area (Å²) in [5, 5.41) is 15.3. The van der Waals surface area contributed by atoms with Crippen molar-refractivity contribution < 1.29 is 19.2 Å². The van der Waals surface area contributed by atoms with Gasteiger partial charge in [-0.3, -0.25) is 9.59 Å². The van der Waals surface area contributed by atoms with E-state index in [-0.39, 0.29) is 18.9 Å². The Morgan fingerprint density at radius 1 is 1.39 bits per heavy atom. The first-order valence-electron chi connectivity index (χ1n) is 5.66. The zero-order chi connectivity index (χ0) is 13.9. The fourth-order valence-electron chi connectivity index (χ4n) is 1.37. The molecule has 1 heterocycles. The lowest BCUT2D eigenvalue weighted by Gasteiger charge is -2.19. The highest BCUT2D eigenvalue weighted by molar-refractivity contribution is 5.80. The van der Waals surface area contributed by atoms with E-state index >= 15 is 0 Å². The molecule has 0 aliphatic carbocycles. The van der Waals surface area contributed by atoms with E-state index in [1.165, 1.54) is 0 Å². The van der Waals surface area contributed by atoms with E-state index in [4.69, 9.17) is 9.63 Å². The summed E-state index contributed by atoms with van der Waals surface area (Å²) in [7, 11) is 0. The van der Waals surface area contributed by atoms with Gasteiger partial charge in [0, 0.05) is 12.1 Å². The van der Waals surface area contributed by atoms with Gasteiger partial charge in [0.15, 0.2) is 0 Å². The van der Waals surface area contributed by atoms with Crippen LogP contribution >= 0.6 is 0 Å². The molecule has 1 amide bonds. The Hall–Kier alpha value is -1.85. The van der Waals surface area contributed by atoms with Gasteiger partial charge in [-0.15, -0.1) is 0 Å². The van der Waals surface area contributed by atoms with E-state index in [1.54, 1.807) is 27.7 Å². The number of nitrogens with one attached hydrogen (secondary N) is 1. The molecule has 100 valence electrons. The molecule has 0 radical (unpaired) electrons. The number of aromatic nitrogens is 1. The maximum Gasteiger partial charge on any atom is 0.310 e. The summed E-state index contributed by atoms with van der Waals surface area (Å²) in [6, 6.07) is 0. The lowest BCUT2D eigenvalue weighted by Crippen LogP contribution is -2.39. The Kier molecular flexibility index (Phi) is 4.11. The van der Waals surface area contributed by atoms with E-state index < -0.39 is 11.4 Å². The minimum Gasteiger partial charge on any atom is -0.481 e. The van der Waals surface area contributed by atoms with Gasteiger partial charge in [-0.1, -0.05) is 5.16 Å². The highest BCUT2D eigenvalue weighted by atomic mass is 16.5. The van der Waals surface area contributed by atoms with Crippen LogP contribution in [0.5, 0.6) is 0 Å². The number of hydrogen-bond acceptors (Lipinski definition) is 4. The maximum absolute atomic E-state index is 11.7. The van der Waals surface area contributed by atoms with Crippen LogP contribution in [0.1, 0.15) is 30.9 Å². The van der Waals surface area contributed by atoms with E-state index in [9.17, 15) is 9.59 Å². The molecule has 0 fully saturated rings. The zero-order valence-electron chi connectivity index (χ0n) is 11.0. The molecule has 0 aliphatic heterocycles. The average Bonchev–Trinajstić information content (AvgIpc) is 2.58. The van der Waals surface area contributed by atoms with Gasteiger partial charge in [0.05, 0.1) is 17.5 Å². The first kappa shape index (κ1) is 14.2. The van der Waals surface area contributed by atoms with Crippen LogP contribution < -0.4 is 5.32 Å². The molecule has 0 atom stereocenters. The van der Waals surface area contributed by atoms with Gasteiger partial charge in [-0.2, -0.15) is 0 Å². The summed E-state index contributed by atoms with van der Waals surface area (Å²) >= 11 is 0. The molecule has 0 aromatic carbocycles. The second kappa shape index (κ2) is 5.20. The van der Waals surface area contributed by atoms with Crippen molar-refractivity contribution in [1.29, 1.82) is 0 Å². The van der Waals surface area contributed by atoms with Crippen LogP contribution in [0.25, 0.3) is 0 Å². The quantitative estimate of drug-likeness (QED) is 0.819. The van der Waals surface area contributed by atoms with E-state index in [0.29, 0.717) is 11.5 Å². The van der Waals surface area contributed by atoms with Crippen LogP contribution in [0.2, 0.25) is 0 Å². The lowest BCUT2D eigenvalue weighted by atomic mass is 9.94. The van der Waals surface area contributed by atoms with Gasteiger partial charge in [0.2, 0.25) is 5.91 Å². The number of carbonyl (C=O) groups excluding carboxylic acids is 1. The normalized spacial score (nSPS) is 11.3. The summed E-state index contributed by atoms with van der Waals surface area (Å²) in [6.07, 6.45) is 0.150. The van der Waals surface area contributed by atoms with Gasteiger partial charge in [0.1, 0.15) is 5.76 Å². The number of carboxylic acid groups (broad SMARTS) is 1. The molecule has 6 nitrogen and oxygen atoms in total.